The Kier molecular flexibility index (Phi) is 4.09. The largest absolute Gasteiger partial charge is 0.339 e. The molecule has 0 radical (unpaired) electrons. The lowest BCUT2D eigenvalue weighted by molar-refractivity contribution is -0.134. The molecule has 6 nitrogen and oxygen atoms in total. The molecule has 1 saturated heterocycles. The molecule has 1 aliphatic heterocycles. The van der Waals surface area contributed by atoms with Crippen molar-refractivity contribution < 1.29 is 9.59 Å². The molecule has 0 N–H and O–H groups in total. The van der Waals surface area contributed by atoms with Crippen LogP contribution in [0.4, 0.5) is 0 Å². The van der Waals surface area contributed by atoms with Crippen LogP contribution >= 0.6 is 22.9 Å². The van der Waals surface area contributed by atoms with Crippen LogP contribution in [0.1, 0.15) is 32.6 Å². The van der Waals surface area contributed by atoms with E-state index in [4.69, 9.17) is 0 Å². The minimum atomic E-state index is -0.0162. The summed E-state index contributed by atoms with van der Waals surface area (Å²) in [5.41, 5.74) is 0.681. The highest BCUT2D eigenvalue weighted by Crippen LogP contribution is 2.50. The number of hydrogen-bond donors (Lipinski definition) is 0. The van der Waals surface area contributed by atoms with Gasteiger partial charge in [-0.15, -0.1) is 16.4 Å². The van der Waals surface area contributed by atoms with Gasteiger partial charge in [-0.05, 0) is 36.3 Å². The maximum Gasteiger partial charge on any atom is 0.267 e. The monoisotopic (exact) mass is 362 g/mol. The van der Waals surface area contributed by atoms with Crippen LogP contribution in [-0.2, 0) is 4.79 Å². The third kappa shape index (κ3) is 2.84. The van der Waals surface area contributed by atoms with Crippen molar-refractivity contribution in [1.82, 2.24) is 19.4 Å². The van der Waals surface area contributed by atoms with Crippen molar-refractivity contribution in [2.24, 2.45) is 5.92 Å². The van der Waals surface area contributed by atoms with E-state index in [1.165, 1.54) is 4.88 Å². The lowest BCUT2D eigenvalue weighted by Gasteiger charge is -2.34. The number of rotatable bonds is 3. The minimum Gasteiger partial charge on any atom is -0.339 e. The lowest BCUT2D eigenvalue weighted by atomic mass is 10.2. The van der Waals surface area contributed by atoms with E-state index in [9.17, 15) is 9.59 Å². The number of nitrogens with zero attached hydrogens (tertiary/aromatic N) is 4. The number of amides is 2. The maximum absolute atomic E-state index is 12.6. The second-order valence-electron chi connectivity index (χ2n) is 6.27. The molecule has 3 heterocycles. The Morgan fingerprint density at radius 1 is 1.21 bits per heavy atom. The summed E-state index contributed by atoms with van der Waals surface area (Å²) in [5, 5.41) is 5.96. The van der Waals surface area contributed by atoms with Gasteiger partial charge in [0.15, 0.2) is 0 Å². The predicted octanol–water partition coefficient (Wildman–Crippen LogP) is 2.00. The molecular formula is C16H18N4O2S2. The molecule has 2 aromatic heterocycles. The van der Waals surface area contributed by atoms with Gasteiger partial charge in [0.1, 0.15) is 4.88 Å². The molecular weight excluding hydrogens is 344 g/mol. The van der Waals surface area contributed by atoms with Gasteiger partial charge < -0.3 is 9.80 Å². The molecule has 0 bridgehead atoms. The Balaban J connectivity index is 1.33. The summed E-state index contributed by atoms with van der Waals surface area (Å²) in [6, 6.07) is 4.16. The van der Waals surface area contributed by atoms with E-state index in [2.05, 4.69) is 21.0 Å². The van der Waals surface area contributed by atoms with Gasteiger partial charge in [-0.1, -0.05) is 10.6 Å². The number of piperazine rings is 1. The van der Waals surface area contributed by atoms with Crippen LogP contribution in [-0.4, -0.2) is 57.4 Å². The Labute approximate surface area is 148 Å². The average Bonchev–Trinajstić information content (AvgIpc) is 3.00. The summed E-state index contributed by atoms with van der Waals surface area (Å²) in [6.07, 6.45) is 0.963. The van der Waals surface area contributed by atoms with Crippen LogP contribution in [0.15, 0.2) is 17.5 Å². The highest BCUT2D eigenvalue weighted by Gasteiger charge is 2.46. The Bertz CT molecular complexity index is 750. The van der Waals surface area contributed by atoms with Crippen molar-refractivity contribution >= 4 is 34.7 Å². The molecule has 126 valence electrons. The fraction of sp³-hybridized carbons (Fsp3) is 0.500. The first-order chi connectivity index (χ1) is 11.6. The smallest absolute Gasteiger partial charge is 0.267 e. The van der Waals surface area contributed by atoms with E-state index in [0.717, 1.165) is 18.0 Å². The van der Waals surface area contributed by atoms with Gasteiger partial charge >= 0.3 is 0 Å². The Morgan fingerprint density at radius 3 is 2.58 bits per heavy atom. The molecule has 2 aromatic rings. The quantitative estimate of drug-likeness (QED) is 0.838. The molecule has 2 fully saturated rings. The molecule has 2 atom stereocenters. The summed E-state index contributed by atoms with van der Waals surface area (Å²) in [4.78, 5) is 30.7. The third-order valence-corrected chi connectivity index (χ3v) is 6.56. The predicted molar refractivity (Wildman–Crippen MR) is 92.3 cm³/mol. The van der Waals surface area contributed by atoms with Crippen LogP contribution in [0.25, 0.3) is 0 Å². The summed E-state index contributed by atoms with van der Waals surface area (Å²) < 4.78 is 3.83. The van der Waals surface area contributed by atoms with Crippen molar-refractivity contribution in [3.8, 4) is 0 Å². The second kappa shape index (κ2) is 6.25. The highest BCUT2D eigenvalue weighted by molar-refractivity contribution is 7.10. The van der Waals surface area contributed by atoms with Crippen molar-refractivity contribution in [3.05, 3.63) is 33.0 Å². The van der Waals surface area contributed by atoms with Crippen LogP contribution in [0, 0.1) is 12.8 Å². The SMILES string of the molecule is Cc1nnsc1C(=O)N1CCN(C(=O)[C@H]2C[C@H]2c2cccs2)CC1. The zero-order chi connectivity index (χ0) is 16.7. The highest BCUT2D eigenvalue weighted by atomic mass is 32.1. The van der Waals surface area contributed by atoms with Gasteiger partial charge in [-0.3, -0.25) is 9.59 Å². The van der Waals surface area contributed by atoms with Crippen LogP contribution in [0.5, 0.6) is 0 Å². The maximum atomic E-state index is 12.6. The van der Waals surface area contributed by atoms with Crippen LogP contribution < -0.4 is 0 Å². The summed E-state index contributed by atoms with van der Waals surface area (Å²) in [5.74, 6) is 0.774. The normalized spacial score (nSPS) is 23.4. The summed E-state index contributed by atoms with van der Waals surface area (Å²) >= 11 is 2.87. The zero-order valence-corrected chi connectivity index (χ0v) is 15.0. The molecule has 24 heavy (non-hydrogen) atoms. The van der Waals surface area contributed by atoms with E-state index >= 15 is 0 Å². The van der Waals surface area contributed by atoms with Crippen molar-refractivity contribution in [3.63, 3.8) is 0 Å². The molecule has 1 aliphatic carbocycles. The van der Waals surface area contributed by atoms with Gasteiger partial charge in [-0.25, -0.2) is 0 Å². The first kappa shape index (κ1) is 15.7. The van der Waals surface area contributed by atoms with Gasteiger partial charge in [0.2, 0.25) is 5.91 Å². The first-order valence-corrected chi connectivity index (χ1v) is 9.71. The molecule has 8 heteroatoms. The van der Waals surface area contributed by atoms with Crippen LogP contribution in [0.3, 0.4) is 0 Å². The molecule has 2 aliphatic rings. The summed E-state index contributed by atoms with van der Waals surface area (Å²) in [7, 11) is 0. The molecule has 0 aromatic carbocycles. The van der Waals surface area contributed by atoms with E-state index in [0.29, 0.717) is 42.7 Å². The fourth-order valence-electron chi connectivity index (χ4n) is 3.22. The lowest BCUT2D eigenvalue weighted by Crippen LogP contribution is -2.51. The number of aromatic nitrogens is 2. The van der Waals surface area contributed by atoms with Crippen LogP contribution in [0.2, 0.25) is 0 Å². The average molecular weight is 362 g/mol. The zero-order valence-electron chi connectivity index (χ0n) is 13.3. The number of thiophene rings is 1. The van der Waals surface area contributed by atoms with Crippen molar-refractivity contribution in [2.75, 3.05) is 26.2 Å². The van der Waals surface area contributed by atoms with E-state index < -0.39 is 0 Å². The van der Waals surface area contributed by atoms with E-state index in [-0.39, 0.29) is 17.7 Å². The number of hydrogen-bond acceptors (Lipinski definition) is 6. The van der Waals surface area contributed by atoms with Gasteiger partial charge in [0.25, 0.3) is 5.91 Å². The minimum absolute atomic E-state index is 0.0162. The molecule has 4 rings (SSSR count). The van der Waals surface area contributed by atoms with Gasteiger partial charge in [-0.2, -0.15) is 0 Å². The van der Waals surface area contributed by atoms with Gasteiger partial charge in [0.05, 0.1) is 5.69 Å². The second-order valence-corrected chi connectivity index (χ2v) is 8.00. The Morgan fingerprint density at radius 2 is 1.96 bits per heavy atom. The van der Waals surface area contributed by atoms with E-state index in [1.54, 1.807) is 23.2 Å². The van der Waals surface area contributed by atoms with Gasteiger partial charge in [0, 0.05) is 42.9 Å². The molecule has 0 unspecified atom stereocenters. The number of carbonyl (C=O) groups excluding carboxylic acids is 2. The topological polar surface area (TPSA) is 66.4 Å². The molecule has 1 saturated carbocycles. The number of carbonyl (C=O) groups is 2. The molecule has 0 spiro atoms. The fourth-order valence-corrected chi connectivity index (χ4v) is 4.75. The first-order valence-electron chi connectivity index (χ1n) is 8.05. The standard InChI is InChI=1S/C16H18N4O2S2/c1-10-14(24-18-17-10)16(22)20-6-4-19(5-7-20)15(21)12-9-11(12)13-3-2-8-23-13/h2-3,8,11-12H,4-7,9H2,1H3/t11-,12+/m1/s1. The molecule has 2 amide bonds. The number of aryl methyl sites for hydroxylation is 1. The Hall–Kier alpha value is -1.80. The summed E-state index contributed by atoms with van der Waals surface area (Å²) in [6.45, 7) is 4.19. The van der Waals surface area contributed by atoms with Crippen molar-refractivity contribution in [1.29, 1.82) is 0 Å². The van der Waals surface area contributed by atoms with Crippen molar-refractivity contribution in [2.45, 2.75) is 19.3 Å². The van der Waals surface area contributed by atoms with E-state index in [1.807, 2.05) is 11.0 Å². The third-order valence-electron chi connectivity index (χ3n) is 4.74.